The van der Waals surface area contributed by atoms with E-state index in [1.54, 1.807) is 17.9 Å². The lowest BCUT2D eigenvalue weighted by Crippen LogP contribution is -2.33. The van der Waals surface area contributed by atoms with Crippen molar-refractivity contribution in [2.45, 2.75) is 6.92 Å². The number of rotatable bonds is 6. The van der Waals surface area contributed by atoms with Gasteiger partial charge in [0.2, 0.25) is 0 Å². The van der Waals surface area contributed by atoms with Gasteiger partial charge in [0.25, 0.3) is 5.91 Å². The van der Waals surface area contributed by atoms with Crippen molar-refractivity contribution in [1.82, 2.24) is 14.7 Å². The summed E-state index contributed by atoms with van der Waals surface area (Å²) >= 11 is 6.30. The summed E-state index contributed by atoms with van der Waals surface area (Å²) in [5.41, 5.74) is 4.15. The molecule has 32 heavy (non-hydrogen) atoms. The van der Waals surface area contributed by atoms with E-state index in [1.165, 1.54) is 0 Å². The third-order valence-electron chi connectivity index (χ3n) is 4.91. The lowest BCUT2D eigenvalue weighted by molar-refractivity contribution is -0.140. The van der Waals surface area contributed by atoms with E-state index in [1.807, 2.05) is 61.7 Å². The number of aryl methyl sites for hydroxylation is 1. The third kappa shape index (κ3) is 4.30. The zero-order chi connectivity index (χ0) is 22.8. The minimum absolute atomic E-state index is 0.223. The van der Waals surface area contributed by atoms with Crippen LogP contribution in [0.5, 0.6) is 5.75 Å². The van der Waals surface area contributed by atoms with Crippen LogP contribution in [0, 0.1) is 6.92 Å². The van der Waals surface area contributed by atoms with Crippen molar-refractivity contribution in [2.75, 3.05) is 13.7 Å². The first-order valence-corrected chi connectivity index (χ1v) is 10.9. The van der Waals surface area contributed by atoms with Crippen molar-refractivity contribution in [2.24, 2.45) is 0 Å². The Bertz CT molecular complexity index is 1250. The zero-order valence-electron chi connectivity index (χ0n) is 17.3. The molecule has 0 bridgehead atoms. The standard InChI is InChI=1S/C23H19N3O4S2/c1-14-10-17(30-2)8-9-18(14)21-15(12-26(24-21)16-6-4-3-5-7-16)11-19-22(29)25(13-20(27)28)23(31)32-19/h3-12H,13H2,1-2H3,(H,27,28)/b19-11+. The molecular formula is C23H19N3O4S2. The molecular weight excluding hydrogens is 446 g/mol. The molecule has 1 amide bonds. The van der Waals surface area contributed by atoms with Gasteiger partial charge in [-0.3, -0.25) is 14.5 Å². The van der Waals surface area contributed by atoms with Gasteiger partial charge in [0.15, 0.2) is 0 Å². The summed E-state index contributed by atoms with van der Waals surface area (Å²) in [6.07, 6.45) is 3.56. The fourth-order valence-corrected chi connectivity index (χ4v) is 4.60. The number of hydrogen-bond acceptors (Lipinski definition) is 6. The van der Waals surface area contributed by atoms with Gasteiger partial charge in [0, 0.05) is 17.3 Å². The zero-order valence-corrected chi connectivity index (χ0v) is 18.9. The molecule has 1 fully saturated rings. The number of ether oxygens (including phenoxy) is 1. The minimum atomic E-state index is -1.12. The molecule has 2 aromatic carbocycles. The van der Waals surface area contributed by atoms with Gasteiger partial charge < -0.3 is 9.84 Å². The Labute approximate surface area is 194 Å². The van der Waals surface area contributed by atoms with Crippen LogP contribution in [0.2, 0.25) is 0 Å². The van der Waals surface area contributed by atoms with E-state index in [0.717, 1.165) is 44.8 Å². The Kier molecular flexibility index (Phi) is 6.11. The first-order chi connectivity index (χ1) is 15.4. The summed E-state index contributed by atoms with van der Waals surface area (Å²) in [6.45, 7) is 1.51. The Morgan fingerprint density at radius 2 is 2.00 bits per heavy atom. The molecule has 0 aliphatic carbocycles. The highest BCUT2D eigenvalue weighted by Gasteiger charge is 2.33. The summed E-state index contributed by atoms with van der Waals surface area (Å²) in [7, 11) is 1.61. The second kappa shape index (κ2) is 8.97. The number of nitrogens with zero attached hydrogens (tertiary/aromatic N) is 3. The number of aromatic nitrogens is 2. The molecule has 7 nitrogen and oxygen atoms in total. The number of methoxy groups -OCH3 is 1. The summed E-state index contributed by atoms with van der Waals surface area (Å²) in [6, 6.07) is 15.4. The van der Waals surface area contributed by atoms with E-state index in [2.05, 4.69) is 0 Å². The van der Waals surface area contributed by atoms with Gasteiger partial charge in [0.1, 0.15) is 22.3 Å². The quantitative estimate of drug-likeness (QED) is 0.433. The Morgan fingerprint density at radius 3 is 2.66 bits per heavy atom. The van der Waals surface area contributed by atoms with Gasteiger partial charge in [-0.1, -0.05) is 42.2 Å². The van der Waals surface area contributed by atoms with Crippen LogP contribution in [0.15, 0.2) is 59.6 Å². The molecule has 0 saturated carbocycles. The van der Waals surface area contributed by atoms with Gasteiger partial charge in [-0.2, -0.15) is 5.10 Å². The maximum absolute atomic E-state index is 12.8. The van der Waals surface area contributed by atoms with Crippen LogP contribution in [0.4, 0.5) is 0 Å². The number of aliphatic carboxylic acids is 1. The topological polar surface area (TPSA) is 84.7 Å². The van der Waals surface area contributed by atoms with Crippen LogP contribution in [-0.2, 0) is 9.59 Å². The highest BCUT2D eigenvalue weighted by atomic mass is 32.2. The minimum Gasteiger partial charge on any atom is -0.497 e. The van der Waals surface area contributed by atoms with Gasteiger partial charge in [0.05, 0.1) is 17.7 Å². The molecule has 3 aromatic rings. The van der Waals surface area contributed by atoms with E-state index in [-0.39, 0.29) is 4.32 Å². The average Bonchev–Trinajstić information content (AvgIpc) is 3.30. The molecule has 0 atom stereocenters. The van der Waals surface area contributed by atoms with E-state index >= 15 is 0 Å². The number of carbonyl (C=O) groups excluding carboxylic acids is 1. The Balaban J connectivity index is 1.82. The van der Waals surface area contributed by atoms with Gasteiger partial charge in [-0.25, -0.2) is 4.68 Å². The second-order valence-electron chi connectivity index (χ2n) is 7.06. The molecule has 0 spiro atoms. The lowest BCUT2D eigenvalue weighted by atomic mass is 10.0. The molecule has 9 heteroatoms. The SMILES string of the molecule is COc1ccc(-c2nn(-c3ccccc3)cc2/C=C2/SC(=S)N(CC(=O)O)C2=O)c(C)c1. The van der Waals surface area contributed by atoms with Crippen LogP contribution in [-0.4, -0.2) is 49.6 Å². The number of hydrogen-bond donors (Lipinski definition) is 1. The number of thioether (sulfide) groups is 1. The third-order valence-corrected chi connectivity index (χ3v) is 6.28. The van der Waals surface area contributed by atoms with Crippen LogP contribution in [0.1, 0.15) is 11.1 Å². The van der Waals surface area contributed by atoms with Gasteiger partial charge in [-0.05, 0) is 48.9 Å². The molecule has 1 aliphatic heterocycles. The predicted molar refractivity (Wildman–Crippen MR) is 128 cm³/mol. The summed E-state index contributed by atoms with van der Waals surface area (Å²) < 4.78 is 7.29. The second-order valence-corrected chi connectivity index (χ2v) is 8.73. The number of benzene rings is 2. The smallest absolute Gasteiger partial charge is 0.323 e. The van der Waals surface area contributed by atoms with Crippen molar-refractivity contribution >= 4 is 46.3 Å². The van der Waals surface area contributed by atoms with Crippen molar-refractivity contribution in [3.05, 3.63) is 70.8 Å². The number of amides is 1. The fraction of sp³-hybridized carbons (Fsp3) is 0.130. The number of carbonyl (C=O) groups is 2. The molecule has 2 heterocycles. The average molecular weight is 466 g/mol. The number of thiocarbonyl (C=S) groups is 1. The highest BCUT2D eigenvalue weighted by molar-refractivity contribution is 8.26. The number of para-hydroxylation sites is 1. The molecule has 1 aliphatic rings. The van der Waals surface area contributed by atoms with E-state index in [9.17, 15) is 9.59 Å². The summed E-state index contributed by atoms with van der Waals surface area (Å²) in [5, 5.41) is 13.9. The van der Waals surface area contributed by atoms with E-state index in [4.69, 9.17) is 27.2 Å². The van der Waals surface area contributed by atoms with Gasteiger partial charge in [-0.15, -0.1) is 0 Å². The molecule has 0 unspecified atom stereocenters. The maximum Gasteiger partial charge on any atom is 0.323 e. The first-order valence-electron chi connectivity index (χ1n) is 9.64. The summed E-state index contributed by atoms with van der Waals surface area (Å²) in [4.78, 5) is 25.3. The predicted octanol–water partition coefficient (Wildman–Crippen LogP) is 4.14. The maximum atomic E-state index is 12.8. The largest absolute Gasteiger partial charge is 0.497 e. The molecule has 162 valence electrons. The fourth-order valence-electron chi connectivity index (χ4n) is 3.36. The Morgan fingerprint density at radius 1 is 1.25 bits per heavy atom. The summed E-state index contributed by atoms with van der Waals surface area (Å²) in [5.74, 6) is -0.800. The van der Waals surface area contributed by atoms with Crippen LogP contribution < -0.4 is 4.74 Å². The monoisotopic (exact) mass is 465 g/mol. The highest BCUT2D eigenvalue weighted by Crippen LogP contribution is 2.36. The molecule has 1 N–H and O–H groups in total. The van der Waals surface area contributed by atoms with Crippen molar-refractivity contribution in [3.8, 4) is 22.7 Å². The molecule has 1 saturated heterocycles. The van der Waals surface area contributed by atoms with Crippen LogP contribution in [0.25, 0.3) is 23.0 Å². The molecule has 0 radical (unpaired) electrons. The number of carboxylic acids is 1. The number of carboxylic acid groups (broad SMARTS) is 1. The Hall–Kier alpha value is -3.43. The molecule has 1 aromatic heterocycles. The van der Waals surface area contributed by atoms with Crippen LogP contribution in [0.3, 0.4) is 0 Å². The molecule has 4 rings (SSSR count). The van der Waals surface area contributed by atoms with Crippen molar-refractivity contribution in [3.63, 3.8) is 0 Å². The lowest BCUT2D eigenvalue weighted by Gasteiger charge is -2.10. The van der Waals surface area contributed by atoms with E-state index in [0.29, 0.717) is 10.6 Å². The van der Waals surface area contributed by atoms with Crippen molar-refractivity contribution in [1.29, 1.82) is 0 Å². The van der Waals surface area contributed by atoms with E-state index < -0.39 is 18.4 Å². The van der Waals surface area contributed by atoms with Crippen molar-refractivity contribution < 1.29 is 19.4 Å². The normalized spacial score (nSPS) is 14.9. The first kappa shape index (κ1) is 21.8. The van der Waals surface area contributed by atoms with Gasteiger partial charge >= 0.3 is 5.97 Å². The van der Waals surface area contributed by atoms with Crippen LogP contribution >= 0.6 is 24.0 Å².